The van der Waals surface area contributed by atoms with E-state index in [1.54, 1.807) is 11.3 Å². The van der Waals surface area contributed by atoms with Crippen LogP contribution in [0, 0.1) is 5.41 Å². The molecule has 158 valence electrons. The molecule has 0 spiro atoms. The zero-order chi connectivity index (χ0) is 20.6. The third-order valence-corrected chi connectivity index (χ3v) is 6.24. The standard InChI is InChI=1S/C17H21F6N3OS/c18-16(19,20)15(17(21,22)23)2-3-25(12-15)10-14(27)26-6-4-24(5-7-26)9-13-1-8-28-11-13/h1,8,11H,2-7,9-10,12H2. The number of thiophene rings is 1. The number of halogens is 6. The Morgan fingerprint density at radius 1 is 1.00 bits per heavy atom. The van der Waals surface area contributed by atoms with Crippen LogP contribution in [0.5, 0.6) is 0 Å². The van der Waals surface area contributed by atoms with Gasteiger partial charge in [-0.25, -0.2) is 0 Å². The van der Waals surface area contributed by atoms with E-state index in [0.29, 0.717) is 26.2 Å². The first-order valence-electron chi connectivity index (χ1n) is 8.89. The molecule has 1 amide bonds. The molecule has 0 unspecified atom stereocenters. The lowest BCUT2D eigenvalue weighted by molar-refractivity contribution is -0.335. The first-order valence-corrected chi connectivity index (χ1v) is 9.83. The molecular weight excluding hydrogens is 408 g/mol. The van der Waals surface area contributed by atoms with E-state index in [-0.39, 0.29) is 0 Å². The normalized spacial score (nSPS) is 22.0. The first kappa shape index (κ1) is 21.4. The zero-order valence-electron chi connectivity index (χ0n) is 15.0. The smallest absolute Gasteiger partial charge is 0.339 e. The van der Waals surface area contributed by atoms with Crippen LogP contribution in [0.2, 0.25) is 0 Å². The SMILES string of the molecule is O=C(CN1CCC(C(F)(F)F)(C(F)(F)F)C1)N1CCN(Cc2ccsc2)CC1. The molecule has 0 radical (unpaired) electrons. The van der Waals surface area contributed by atoms with Crippen LogP contribution < -0.4 is 0 Å². The number of hydrogen-bond acceptors (Lipinski definition) is 4. The summed E-state index contributed by atoms with van der Waals surface area (Å²) >= 11 is 1.60. The molecule has 1 aromatic heterocycles. The van der Waals surface area contributed by atoms with Gasteiger partial charge in [-0.15, -0.1) is 0 Å². The van der Waals surface area contributed by atoms with Crippen LogP contribution in [0.4, 0.5) is 26.3 Å². The number of nitrogens with zero attached hydrogens (tertiary/aromatic N) is 3. The second-order valence-corrected chi connectivity index (χ2v) is 8.11. The number of likely N-dealkylation sites (tertiary alicyclic amines) is 1. The summed E-state index contributed by atoms with van der Waals surface area (Å²) < 4.78 is 78.8. The van der Waals surface area contributed by atoms with Crippen LogP contribution >= 0.6 is 11.3 Å². The maximum absolute atomic E-state index is 13.1. The summed E-state index contributed by atoms with van der Waals surface area (Å²) in [5.74, 6) is -0.421. The number of carbonyl (C=O) groups excluding carboxylic acids is 1. The minimum Gasteiger partial charge on any atom is -0.339 e. The van der Waals surface area contributed by atoms with Crippen LogP contribution in [0.25, 0.3) is 0 Å². The summed E-state index contributed by atoms with van der Waals surface area (Å²) in [6.45, 7) is 0.802. The molecule has 2 aliphatic rings. The van der Waals surface area contributed by atoms with Crippen molar-refractivity contribution < 1.29 is 31.1 Å². The maximum Gasteiger partial charge on any atom is 0.404 e. The highest BCUT2D eigenvalue weighted by Crippen LogP contribution is 2.55. The molecule has 0 aliphatic carbocycles. The molecule has 0 saturated carbocycles. The van der Waals surface area contributed by atoms with E-state index < -0.39 is 49.7 Å². The average Bonchev–Trinajstić information content (AvgIpc) is 3.24. The Kier molecular flexibility index (Phi) is 5.98. The fraction of sp³-hybridized carbons (Fsp3) is 0.706. The predicted octanol–water partition coefficient (Wildman–Crippen LogP) is 3.21. The van der Waals surface area contributed by atoms with Gasteiger partial charge in [-0.05, 0) is 35.4 Å². The third kappa shape index (κ3) is 4.30. The van der Waals surface area contributed by atoms with Crippen LogP contribution in [-0.4, -0.2) is 78.8 Å². The lowest BCUT2D eigenvalue weighted by atomic mass is 9.85. The fourth-order valence-electron chi connectivity index (χ4n) is 3.73. The van der Waals surface area contributed by atoms with Crippen molar-refractivity contribution in [3.8, 4) is 0 Å². The highest BCUT2D eigenvalue weighted by molar-refractivity contribution is 7.07. The monoisotopic (exact) mass is 429 g/mol. The number of hydrogen-bond donors (Lipinski definition) is 0. The van der Waals surface area contributed by atoms with Gasteiger partial charge < -0.3 is 4.90 Å². The molecule has 28 heavy (non-hydrogen) atoms. The van der Waals surface area contributed by atoms with Gasteiger partial charge in [0, 0.05) is 39.3 Å². The molecule has 0 N–H and O–H groups in total. The number of piperazine rings is 1. The van der Waals surface area contributed by atoms with Crippen LogP contribution in [0.3, 0.4) is 0 Å². The second kappa shape index (κ2) is 7.83. The molecular formula is C17H21F6N3OS. The summed E-state index contributed by atoms with van der Waals surface area (Å²) in [6.07, 6.45) is -11.9. The van der Waals surface area contributed by atoms with E-state index in [2.05, 4.69) is 4.90 Å². The molecule has 11 heteroatoms. The van der Waals surface area contributed by atoms with Gasteiger partial charge in [0.05, 0.1) is 6.54 Å². The molecule has 2 saturated heterocycles. The van der Waals surface area contributed by atoms with Gasteiger partial charge in [0.2, 0.25) is 5.91 Å². The molecule has 3 heterocycles. The number of rotatable bonds is 4. The van der Waals surface area contributed by atoms with Gasteiger partial charge in [-0.1, -0.05) is 0 Å². The third-order valence-electron chi connectivity index (χ3n) is 5.50. The predicted molar refractivity (Wildman–Crippen MR) is 91.8 cm³/mol. The molecule has 0 bridgehead atoms. The summed E-state index contributed by atoms with van der Waals surface area (Å²) in [7, 11) is 0. The van der Waals surface area contributed by atoms with E-state index in [9.17, 15) is 31.1 Å². The molecule has 0 aromatic carbocycles. The number of amides is 1. The quantitative estimate of drug-likeness (QED) is 0.688. The van der Waals surface area contributed by atoms with Crippen molar-refractivity contribution >= 4 is 17.2 Å². The van der Waals surface area contributed by atoms with Gasteiger partial charge in [0.15, 0.2) is 5.41 Å². The average molecular weight is 429 g/mol. The van der Waals surface area contributed by atoms with Crippen LogP contribution in [0.15, 0.2) is 16.8 Å². The molecule has 2 aliphatic heterocycles. The van der Waals surface area contributed by atoms with E-state index in [1.807, 2.05) is 16.8 Å². The molecule has 1 aromatic rings. The first-order chi connectivity index (χ1) is 13.0. The van der Waals surface area contributed by atoms with Gasteiger partial charge in [-0.3, -0.25) is 14.6 Å². The maximum atomic E-state index is 13.1. The van der Waals surface area contributed by atoms with Gasteiger partial charge in [0.1, 0.15) is 0 Å². The second-order valence-electron chi connectivity index (χ2n) is 7.33. The van der Waals surface area contributed by atoms with Crippen LogP contribution in [0.1, 0.15) is 12.0 Å². The Bertz CT molecular complexity index is 653. The number of carbonyl (C=O) groups is 1. The minimum atomic E-state index is -5.39. The van der Waals surface area contributed by atoms with Crippen molar-refractivity contribution in [3.63, 3.8) is 0 Å². The summed E-state index contributed by atoms with van der Waals surface area (Å²) in [5, 5.41) is 4.02. The van der Waals surface area contributed by atoms with E-state index in [4.69, 9.17) is 0 Å². The van der Waals surface area contributed by atoms with Crippen molar-refractivity contribution in [1.82, 2.24) is 14.7 Å². The summed E-state index contributed by atoms with van der Waals surface area (Å²) in [6, 6.07) is 2.02. The van der Waals surface area contributed by atoms with Crippen molar-refractivity contribution in [1.29, 1.82) is 0 Å². The van der Waals surface area contributed by atoms with Gasteiger partial charge in [-0.2, -0.15) is 37.7 Å². The topological polar surface area (TPSA) is 26.8 Å². The van der Waals surface area contributed by atoms with Gasteiger partial charge >= 0.3 is 12.4 Å². The number of alkyl halides is 6. The highest BCUT2D eigenvalue weighted by Gasteiger charge is 2.72. The van der Waals surface area contributed by atoms with E-state index in [1.165, 1.54) is 10.5 Å². The molecule has 2 fully saturated rings. The Labute approximate surface area is 162 Å². The van der Waals surface area contributed by atoms with Crippen molar-refractivity contribution in [2.75, 3.05) is 45.8 Å². The highest BCUT2D eigenvalue weighted by atomic mass is 32.1. The fourth-order valence-corrected chi connectivity index (χ4v) is 4.39. The Balaban J connectivity index is 1.52. The van der Waals surface area contributed by atoms with Crippen LogP contribution in [-0.2, 0) is 11.3 Å². The minimum absolute atomic E-state index is 0.400. The molecule has 0 atom stereocenters. The zero-order valence-corrected chi connectivity index (χ0v) is 15.8. The lowest BCUT2D eigenvalue weighted by Crippen LogP contribution is -2.53. The Morgan fingerprint density at radius 3 is 2.14 bits per heavy atom. The Morgan fingerprint density at radius 2 is 1.64 bits per heavy atom. The molecule has 4 nitrogen and oxygen atoms in total. The van der Waals surface area contributed by atoms with Crippen molar-refractivity contribution in [3.05, 3.63) is 22.4 Å². The van der Waals surface area contributed by atoms with Crippen molar-refractivity contribution in [2.45, 2.75) is 25.3 Å². The summed E-state index contributed by atoms with van der Waals surface area (Å²) in [5.41, 5.74) is -2.57. The van der Waals surface area contributed by atoms with Crippen molar-refractivity contribution in [2.24, 2.45) is 5.41 Å². The lowest BCUT2D eigenvalue weighted by Gasteiger charge is -2.36. The van der Waals surface area contributed by atoms with Gasteiger partial charge in [0.25, 0.3) is 0 Å². The largest absolute Gasteiger partial charge is 0.404 e. The van der Waals surface area contributed by atoms with E-state index in [0.717, 1.165) is 11.4 Å². The summed E-state index contributed by atoms with van der Waals surface area (Å²) in [4.78, 5) is 17.1. The van der Waals surface area contributed by atoms with E-state index >= 15 is 0 Å². The Hall–Kier alpha value is -1.33. The molecule has 3 rings (SSSR count).